The Morgan fingerprint density at radius 3 is 2.38 bits per heavy atom. The summed E-state index contributed by atoms with van der Waals surface area (Å²) < 4.78 is 54.4. The number of hydrogen-bond donors (Lipinski definition) is 1. The number of halogens is 1. The lowest BCUT2D eigenvalue weighted by Crippen LogP contribution is -2.54. The maximum Gasteiger partial charge on any atom is 0.220 e. The summed E-state index contributed by atoms with van der Waals surface area (Å²) >= 11 is 0. The third-order valence-electron chi connectivity index (χ3n) is 5.11. The van der Waals surface area contributed by atoms with Crippen LogP contribution in [0.25, 0.3) is 0 Å². The van der Waals surface area contributed by atoms with E-state index in [1.54, 1.807) is 13.1 Å². The van der Waals surface area contributed by atoms with Crippen LogP contribution in [-0.4, -0.2) is 88.9 Å². The molecule has 1 aromatic rings. The number of sulfonamides is 1. The molecule has 1 N–H and O–H groups in total. The molecule has 2 fully saturated rings. The Morgan fingerprint density at radius 2 is 1.90 bits per heavy atom. The van der Waals surface area contributed by atoms with E-state index >= 15 is 0 Å². The first-order valence-corrected chi connectivity index (χ1v) is 12.8. The second-order valence-corrected chi connectivity index (χ2v) is 11.7. The van der Waals surface area contributed by atoms with Gasteiger partial charge >= 0.3 is 0 Å². The van der Waals surface area contributed by atoms with Gasteiger partial charge in [-0.05, 0) is 12.8 Å². The van der Waals surface area contributed by atoms with E-state index in [-0.39, 0.29) is 40.9 Å². The molecule has 2 heterocycles. The number of aromatic nitrogens is 1. The third kappa shape index (κ3) is 6.79. The van der Waals surface area contributed by atoms with E-state index in [1.807, 2.05) is 4.90 Å². The first kappa shape index (κ1) is 24.3. The standard InChI is InChI=1S/C16H27N5O5S2.HI/c1-17-15(18-12-16(4-5-16)13-27(2,22)23)20-6-8-21(9-7-20)28(24,25)11-14-3-10-26-19-14;/h3,10H,4-9,11-13H2,1-2H3,(H,17,18);1H. The number of guanidine groups is 1. The van der Waals surface area contributed by atoms with Crippen molar-refractivity contribution in [2.45, 2.75) is 18.6 Å². The van der Waals surface area contributed by atoms with Gasteiger partial charge in [-0.15, -0.1) is 24.0 Å². The van der Waals surface area contributed by atoms with Gasteiger partial charge in [0.15, 0.2) is 5.96 Å². The van der Waals surface area contributed by atoms with E-state index in [0.717, 1.165) is 12.8 Å². The Bertz CT molecular complexity index is 906. The van der Waals surface area contributed by atoms with Gasteiger partial charge in [0.25, 0.3) is 0 Å². The topological polar surface area (TPSA) is 125 Å². The van der Waals surface area contributed by atoms with E-state index in [4.69, 9.17) is 4.52 Å². The van der Waals surface area contributed by atoms with Crippen molar-refractivity contribution in [2.24, 2.45) is 10.4 Å². The van der Waals surface area contributed by atoms with Crippen LogP contribution >= 0.6 is 24.0 Å². The summed E-state index contributed by atoms with van der Waals surface area (Å²) in [5, 5.41) is 6.94. The van der Waals surface area contributed by atoms with Crippen molar-refractivity contribution >= 4 is 49.8 Å². The normalized spacial score (nSPS) is 20.2. The molecule has 3 rings (SSSR count). The second kappa shape index (κ2) is 9.47. The zero-order valence-corrected chi connectivity index (χ0v) is 20.5. The molecule has 1 aliphatic heterocycles. The highest BCUT2D eigenvalue weighted by Gasteiger charge is 2.45. The van der Waals surface area contributed by atoms with Gasteiger partial charge in [-0.3, -0.25) is 4.99 Å². The smallest absolute Gasteiger partial charge is 0.220 e. The molecule has 0 atom stereocenters. The number of sulfone groups is 1. The quantitative estimate of drug-likeness (QED) is 0.283. The van der Waals surface area contributed by atoms with Crippen LogP contribution in [0.1, 0.15) is 18.5 Å². The van der Waals surface area contributed by atoms with Gasteiger partial charge in [-0.2, -0.15) is 4.31 Å². The van der Waals surface area contributed by atoms with Gasteiger partial charge < -0.3 is 14.7 Å². The number of nitrogens with one attached hydrogen (secondary N) is 1. The maximum atomic E-state index is 12.5. The molecule has 0 bridgehead atoms. The van der Waals surface area contributed by atoms with Crippen LogP contribution in [-0.2, 0) is 25.6 Å². The van der Waals surface area contributed by atoms with E-state index in [1.165, 1.54) is 16.8 Å². The molecule has 0 aromatic carbocycles. The summed E-state index contributed by atoms with van der Waals surface area (Å²) in [5.41, 5.74) is 0.187. The van der Waals surface area contributed by atoms with Gasteiger partial charge in [0.1, 0.15) is 21.9 Å². The fraction of sp³-hybridized carbons (Fsp3) is 0.750. The zero-order chi connectivity index (χ0) is 20.4. The Morgan fingerprint density at radius 1 is 1.24 bits per heavy atom. The van der Waals surface area contributed by atoms with Gasteiger partial charge in [0, 0.05) is 57.5 Å². The first-order valence-electron chi connectivity index (χ1n) is 9.13. The first-order chi connectivity index (χ1) is 13.1. The minimum atomic E-state index is -3.45. The van der Waals surface area contributed by atoms with E-state index < -0.39 is 19.9 Å². The molecule has 2 aliphatic rings. The fourth-order valence-corrected chi connectivity index (χ4v) is 6.40. The van der Waals surface area contributed by atoms with Crippen molar-refractivity contribution < 1.29 is 21.4 Å². The SMILES string of the molecule is CN=C(NCC1(CS(C)(=O)=O)CC1)N1CCN(S(=O)(=O)Cc2ccon2)CC1.I. The van der Waals surface area contributed by atoms with Gasteiger partial charge in [0.2, 0.25) is 10.0 Å². The van der Waals surface area contributed by atoms with Crippen LogP contribution in [0.15, 0.2) is 21.8 Å². The molecule has 1 aromatic heterocycles. The molecule has 1 saturated heterocycles. The average molecular weight is 561 g/mol. The van der Waals surface area contributed by atoms with Gasteiger partial charge in [-0.1, -0.05) is 5.16 Å². The number of nitrogens with zero attached hydrogens (tertiary/aromatic N) is 4. The zero-order valence-electron chi connectivity index (χ0n) is 16.6. The Hall–Kier alpha value is -0.930. The molecule has 10 nitrogen and oxygen atoms in total. The van der Waals surface area contributed by atoms with Crippen molar-refractivity contribution in [1.82, 2.24) is 19.7 Å². The summed E-state index contributed by atoms with van der Waals surface area (Å²) in [6.45, 7) is 2.29. The average Bonchev–Trinajstić information content (AvgIpc) is 3.16. The lowest BCUT2D eigenvalue weighted by molar-refractivity contribution is 0.259. The summed E-state index contributed by atoms with van der Waals surface area (Å²) in [4.78, 5) is 6.28. The highest BCUT2D eigenvalue weighted by molar-refractivity contribution is 14.0. The van der Waals surface area contributed by atoms with Crippen molar-refractivity contribution in [3.05, 3.63) is 18.0 Å². The largest absolute Gasteiger partial charge is 0.364 e. The minimum absolute atomic E-state index is 0. The monoisotopic (exact) mass is 561 g/mol. The maximum absolute atomic E-state index is 12.5. The molecule has 0 radical (unpaired) electrons. The molecule has 166 valence electrons. The van der Waals surface area contributed by atoms with Crippen molar-refractivity contribution in [2.75, 3.05) is 51.8 Å². The van der Waals surface area contributed by atoms with Crippen LogP contribution in [0, 0.1) is 5.41 Å². The third-order valence-corrected chi connectivity index (χ3v) is 8.06. The molecular weight excluding hydrogens is 533 g/mol. The highest BCUT2D eigenvalue weighted by Crippen LogP contribution is 2.46. The van der Waals surface area contributed by atoms with Crippen LogP contribution in [0.4, 0.5) is 0 Å². The number of hydrogen-bond acceptors (Lipinski definition) is 7. The molecule has 0 amide bonds. The Kier molecular flexibility index (Phi) is 7.95. The molecule has 29 heavy (non-hydrogen) atoms. The van der Waals surface area contributed by atoms with Gasteiger partial charge in [-0.25, -0.2) is 16.8 Å². The molecule has 13 heteroatoms. The van der Waals surface area contributed by atoms with E-state index in [0.29, 0.717) is 44.4 Å². The highest BCUT2D eigenvalue weighted by atomic mass is 127. The summed E-state index contributed by atoms with van der Waals surface area (Å²) in [6.07, 6.45) is 4.39. The van der Waals surface area contributed by atoms with Crippen LogP contribution in [0.2, 0.25) is 0 Å². The van der Waals surface area contributed by atoms with Crippen LogP contribution in [0.3, 0.4) is 0 Å². The van der Waals surface area contributed by atoms with Crippen LogP contribution < -0.4 is 5.32 Å². The summed E-state index contributed by atoms with van der Waals surface area (Å²) in [6, 6.07) is 1.55. The number of piperazine rings is 1. The summed E-state index contributed by atoms with van der Waals surface area (Å²) in [5.74, 6) is 0.677. The fourth-order valence-electron chi connectivity index (χ4n) is 3.47. The number of aliphatic imine (C=N–C) groups is 1. The molecule has 0 unspecified atom stereocenters. The molecular formula is C16H28IN5O5S2. The van der Waals surface area contributed by atoms with E-state index in [2.05, 4.69) is 15.5 Å². The van der Waals surface area contributed by atoms with Crippen molar-refractivity contribution in [3.8, 4) is 0 Å². The lowest BCUT2D eigenvalue weighted by atomic mass is 10.1. The van der Waals surface area contributed by atoms with Crippen molar-refractivity contribution in [3.63, 3.8) is 0 Å². The summed E-state index contributed by atoms with van der Waals surface area (Å²) in [7, 11) is -4.80. The molecule has 1 aliphatic carbocycles. The second-order valence-electron chi connectivity index (χ2n) is 7.60. The predicted molar refractivity (Wildman–Crippen MR) is 120 cm³/mol. The Labute approximate surface area is 189 Å². The van der Waals surface area contributed by atoms with Crippen LogP contribution in [0.5, 0.6) is 0 Å². The lowest BCUT2D eigenvalue weighted by Gasteiger charge is -2.36. The predicted octanol–water partition coefficient (Wildman–Crippen LogP) is 0.140. The van der Waals surface area contributed by atoms with E-state index in [9.17, 15) is 16.8 Å². The van der Waals surface area contributed by atoms with Crippen molar-refractivity contribution in [1.29, 1.82) is 0 Å². The molecule has 1 saturated carbocycles. The molecule has 0 spiro atoms. The number of rotatable bonds is 7. The minimum Gasteiger partial charge on any atom is -0.364 e. The Balaban J connectivity index is 0.00000300. The van der Waals surface area contributed by atoms with Gasteiger partial charge in [0.05, 0.1) is 11.4 Å².